The Labute approximate surface area is 86.3 Å². The van der Waals surface area contributed by atoms with E-state index in [1.807, 2.05) is 33.0 Å². The van der Waals surface area contributed by atoms with Crippen LogP contribution in [0.4, 0.5) is 0 Å². The summed E-state index contributed by atoms with van der Waals surface area (Å²) in [5, 5.41) is 3.21. The summed E-state index contributed by atoms with van der Waals surface area (Å²) >= 11 is 0. The van der Waals surface area contributed by atoms with Crippen molar-refractivity contribution < 1.29 is 4.74 Å². The van der Waals surface area contributed by atoms with Gasteiger partial charge in [0.2, 0.25) is 0 Å². The largest absolute Gasteiger partial charge is 0.491 e. The van der Waals surface area contributed by atoms with E-state index in [-0.39, 0.29) is 6.10 Å². The van der Waals surface area contributed by atoms with Crippen LogP contribution >= 0.6 is 0 Å². The molecule has 0 amide bonds. The average molecular weight is 193 g/mol. The fourth-order valence-corrected chi connectivity index (χ4v) is 1.30. The van der Waals surface area contributed by atoms with Crippen molar-refractivity contribution in [3.05, 3.63) is 29.8 Å². The van der Waals surface area contributed by atoms with Crippen molar-refractivity contribution in [2.75, 3.05) is 7.05 Å². The Kier molecular flexibility index (Phi) is 3.96. The maximum atomic E-state index is 5.62. The Morgan fingerprint density at radius 3 is 2.50 bits per heavy atom. The average Bonchev–Trinajstić information content (AvgIpc) is 2.16. The highest BCUT2D eigenvalue weighted by molar-refractivity contribution is 5.30. The van der Waals surface area contributed by atoms with Crippen molar-refractivity contribution in [3.63, 3.8) is 0 Å². The van der Waals surface area contributed by atoms with E-state index in [1.54, 1.807) is 0 Å². The molecular formula is C12H19NO. The van der Waals surface area contributed by atoms with Crippen LogP contribution in [0, 0.1) is 0 Å². The molecule has 0 aliphatic carbocycles. The predicted molar refractivity (Wildman–Crippen MR) is 59.7 cm³/mol. The van der Waals surface area contributed by atoms with Gasteiger partial charge < -0.3 is 10.1 Å². The molecule has 0 aliphatic heterocycles. The van der Waals surface area contributed by atoms with Gasteiger partial charge in [-0.2, -0.15) is 0 Å². The van der Waals surface area contributed by atoms with Gasteiger partial charge in [0.15, 0.2) is 0 Å². The number of hydrogen-bond acceptors (Lipinski definition) is 2. The molecule has 0 saturated heterocycles. The lowest BCUT2D eigenvalue weighted by molar-refractivity contribution is 0.242. The van der Waals surface area contributed by atoms with Crippen LogP contribution in [0.1, 0.15) is 32.4 Å². The molecule has 0 aliphatic rings. The second-order valence-electron chi connectivity index (χ2n) is 3.75. The van der Waals surface area contributed by atoms with Gasteiger partial charge in [-0.15, -0.1) is 0 Å². The van der Waals surface area contributed by atoms with E-state index in [4.69, 9.17) is 4.74 Å². The molecule has 1 atom stereocenters. The highest BCUT2D eigenvalue weighted by Crippen LogP contribution is 2.19. The van der Waals surface area contributed by atoms with Crippen LogP contribution in [0.5, 0.6) is 5.75 Å². The van der Waals surface area contributed by atoms with Crippen LogP contribution < -0.4 is 10.1 Å². The van der Waals surface area contributed by atoms with E-state index < -0.39 is 0 Å². The molecule has 2 heteroatoms. The summed E-state index contributed by atoms with van der Waals surface area (Å²) in [5.74, 6) is 0.944. The molecule has 0 radical (unpaired) electrons. The molecule has 2 nitrogen and oxygen atoms in total. The lowest BCUT2D eigenvalue weighted by Gasteiger charge is -2.14. The standard InChI is InChI=1S/C12H19NO/c1-9(2)14-12-7-5-6-11(8-12)10(3)13-4/h5-10,13H,1-4H3. The molecule has 1 rings (SSSR count). The number of benzene rings is 1. The summed E-state index contributed by atoms with van der Waals surface area (Å²) < 4.78 is 5.62. The summed E-state index contributed by atoms with van der Waals surface area (Å²) in [6, 6.07) is 8.58. The summed E-state index contributed by atoms with van der Waals surface area (Å²) in [4.78, 5) is 0. The van der Waals surface area contributed by atoms with Crippen LogP contribution in [-0.2, 0) is 0 Å². The highest BCUT2D eigenvalue weighted by atomic mass is 16.5. The Morgan fingerprint density at radius 2 is 1.93 bits per heavy atom. The summed E-state index contributed by atoms with van der Waals surface area (Å²) in [7, 11) is 1.96. The second-order valence-corrected chi connectivity index (χ2v) is 3.75. The third-order valence-corrected chi connectivity index (χ3v) is 2.16. The zero-order valence-corrected chi connectivity index (χ0v) is 9.37. The van der Waals surface area contributed by atoms with Crippen molar-refractivity contribution in [1.82, 2.24) is 5.32 Å². The molecular weight excluding hydrogens is 174 g/mol. The fraction of sp³-hybridized carbons (Fsp3) is 0.500. The Bertz CT molecular complexity index is 283. The smallest absolute Gasteiger partial charge is 0.120 e. The van der Waals surface area contributed by atoms with Crippen LogP contribution in [0.25, 0.3) is 0 Å². The first-order valence-corrected chi connectivity index (χ1v) is 5.07. The summed E-state index contributed by atoms with van der Waals surface area (Å²) in [5.41, 5.74) is 1.26. The van der Waals surface area contributed by atoms with Crippen LogP contribution in [0.3, 0.4) is 0 Å². The minimum absolute atomic E-state index is 0.232. The van der Waals surface area contributed by atoms with Gasteiger partial charge in [0.1, 0.15) is 5.75 Å². The molecule has 0 heterocycles. The predicted octanol–water partition coefficient (Wildman–Crippen LogP) is 2.75. The van der Waals surface area contributed by atoms with Crippen molar-refractivity contribution in [1.29, 1.82) is 0 Å². The maximum absolute atomic E-state index is 5.62. The topological polar surface area (TPSA) is 21.3 Å². The number of nitrogens with one attached hydrogen (secondary N) is 1. The molecule has 0 bridgehead atoms. The lowest BCUT2D eigenvalue weighted by atomic mass is 10.1. The SMILES string of the molecule is CNC(C)c1cccc(OC(C)C)c1. The quantitative estimate of drug-likeness (QED) is 0.794. The monoisotopic (exact) mass is 193 g/mol. The fourth-order valence-electron chi connectivity index (χ4n) is 1.30. The first-order valence-electron chi connectivity index (χ1n) is 5.07. The van der Waals surface area contributed by atoms with E-state index in [9.17, 15) is 0 Å². The van der Waals surface area contributed by atoms with Crippen molar-refractivity contribution in [3.8, 4) is 5.75 Å². The first-order chi connectivity index (χ1) is 6.63. The molecule has 0 aromatic heterocycles. The van der Waals surface area contributed by atoms with E-state index in [0.29, 0.717) is 6.04 Å². The number of ether oxygens (including phenoxy) is 1. The Morgan fingerprint density at radius 1 is 1.21 bits per heavy atom. The van der Waals surface area contributed by atoms with Gasteiger partial charge in [-0.25, -0.2) is 0 Å². The third kappa shape index (κ3) is 3.04. The molecule has 14 heavy (non-hydrogen) atoms. The maximum Gasteiger partial charge on any atom is 0.120 e. The van der Waals surface area contributed by atoms with Gasteiger partial charge in [-0.3, -0.25) is 0 Å². The molecule has 1 aromatic carbocycles. The molecule has 0 spiro atoms. The van der Waals surface area contributed by atoms with Crippen LogP contribution in [0.2, 0.25) is 0 Å². The zero-order chi connectivity index (χ0) is 10.6. The van der Waals surface area contributed by atoms with E-state index in [0.717, 1.165) is 5.75 Å². The van der Waals surface area contributed by atoms with Crippen LogP contribution in [0.15, 0.2) is 24.3 Å². The van der Waals surface area contributed by atoms with E-state index in [1.165, 1.54) is 5.56 Å². The summed E-state index contributed by atoms with van der Waals surface area (Å²) in [6.07, 6.45) is 0.232. The van der Waals surface area contributed by atoms with Crippen molar-refractivity contribution in [2.24, 2.45) is 0 Å². The first kappa shape index (κ1) is 11.1. The second kappa shape index (κ2) is 5.01. The van der Waals surface area contributed by atoms with Gasteiger partial charge in [0, 0.05) is 6.04 Å². The summed E-state index contributed by atoms with van der Waals surface area (Å²) in [6.45, 7) is 6.21. The molecule has 1 aromatic rings. The molecule has 0 saturated carbocycles. The molecule has 0 fully saturated rings. The Hall–Kier alpha value is -1.02. The highest BCUT2D eigenvalue weighted by Gasteiger charge is 2.04. The van der Waals surface area contributed by atoms with Gasteiger partial charge in [-0.05, 0) is 45.5 Å². The molecule has 78 valence electrons. The van der Waals surface area contributed by atoms with Crippen LogP contribution in [-0.4, -0.2) is 13.2 Å². The van der Waals surface area contributed by atoms with Gasteiger partial charge in [-0.1, -0.05) is 12.1 Å². The lowest BCUT2D eigenvalue weighted by Crippen LogP contribution is -2.12. The minimum Gasteiger partial charge on any atom is -0.491 e. The van der Waals surface area contributed by atoms with E-state index in [2.05, 4.69) is 24.4 Å². The van der Waals surface area contributed by atoms with Crippen molar-refractivity contribution >= 4 is 0 Å². The molecule has 1 N–H and O–H groups in total. The van der Waals surface area contributed by atoms with Crippen molar-refractivity contribution in [2.45, 2.75) is 32.9 Å². The molecule has 1 unspecified atom stereocenters. The zero-order valence-electron chi connectivity index (χ0n) is 9.37. The number of hydrogen-bond donors (Lipinski definition) is 1. The normalized spacial score (nSPS) is 12.9. The van der Waals surface area contributed by atoms with Gasteiger partial charge in [0.05, 0.1) is 6.10 Å². The van der Waals surface area contributed by atoms with Gasteiger partial charge >= 0.3 is 0 Å². The van der Waals surface area contributed by atoms with E-state index >= 15 is 0 Å². The minimum atomic E-state index is 0.232. The third-order valence-electron chi connectivity index (χ3n) is 2.16. The van der Waals surface area contributed by atoms with Gasteiger partial charge in [0.25, 0.3) is 0 Å². The number of rotatable bonds is 4. The Balaban J connectivity index is 2.78.